The highest BCUT2D eigenvalue weighted by Gasteiger charge is 2.52. The molecule has 0 unspecified atom stereocenters. The summed E-state index contributed by atoms with van der Waals surface area (Å²) in [5.74, 6) is 0.924. The molecule has 0 spiro atoms. The Kier molecular flexibility index (Phi) is 9.77. The van der Waals surface area contributed by atoms with E-state index in [0.29, 0.717) is 0 Å². The van der Waals surface area contributed by atoms with Crippen molar-refractivity contribution in [2.45, 2.75) is 117 Å². The monoisotopic (exact) mass is 690 g/mol. The third-order valence-corrected chi connectivity index (χ3v) is 12.2. The highest BCUT2D eigenvalue weighted by atomic mass is 16.7. The van der Waals surface area contributed by atoms with Crippen molar-refractivity contribution in [3.05, 3.63) is 77.9 Å². The maximum atomic E-state index is 6.46. The smallest absolute Gasteiger partial charge is 0.492 e. The fourth-order valence-corrected chi connectivity index (χ4v) is 7.51. The SMILES string of the molecule is Cc1c(-c2ccc(B3OC(C)(C)C(C)(C)O3)cc2)n(Cc2ccc(OCCN3CCCCCC3)cc2)c2ccc(B3OC(C)(C)C(C)(C)O3)cc12. The number of hydrogen-bond acceptors (Lipinski definition) is 6. The van der Waals surface area contributed by atoms with Crippen LogP contribution < -0.4 is 15.7 Å². The summed E-state index contributed by atoms with van der Waals surface area (Å²) in [6.45, 7) is 23.8. The molecule has 3 aromatic carbocycles. The van der Waals surface area contributed by atoms with Gasteiger partial charge in [-0.05, 0) is 134 Å². The Morgan fingerprint density at radius 1 is 0.647 bits per heavy atom. The minimum absolute atomic E-state index is 0.387. The Morgan fingerprint density at radius 3 is 1.75 bits per heavy atom. The van der Waals surface area contributed by atoms with Gasteiger partial charge in [0.05, 0.1) is 28.1 Å². The minimum atomic E-state index is -0.420. The highest BCUT2D eigenvalue weighted by molar-refractivity contribution is 6.62. The van der Waals surface area contributed by atoms with Crippen LogP contribution in [-0.2, 0) is 25.2 Å². The van der Waals surface area contributed by atoms with Crippen LogP contribution in [0, 0.1) is 6.92 Å². The summed E-state index contributed by atoms with van der Waals surface area (Å²) >= 11 is 0. The van der Waals surface area contributed by atoms with Gasteiger partial charge >= 0.3 is 14.2 Å². The molecule has 0 bridgehead atoms. The molecule has 4 heterocycles. The van der Waals surface area contributed by atoms with Crippen molar-refractivity contribution in [2.75, 3.05) is 26.2 Å². The summed E-state index contributed by atoms with van der Waals surface area (Å²) in [5, 5.41) is 1.20. The summed E-state index contributed by atoms with van der Waals surface area (Å²) in [4.78, 5) is 2.54. The summed E-state index contributed by atoms with van der Waals surface area (Å²) < 4.78 is 34.3. The lowest BCUT2D eigenvalue weighted by atomic mass is 9.78. The lowest BCUT2D eigenvalue weighted by Crippen LogP contribution is -2.41. The van der Waals surface area contributed by atoms with E-state index in [-0.39, 0.29) is 11.2 Å². The van der Waals surface area contributed by atoms with Gasteiger partial charge in [0, 0.05) is 24.0 Å². The van der Waals surface area contributed by atoms with E-state index in [9.17, 15) is 0 Å². The topological polar surface area (TPSA) is 54.3 Å². The molecule has 1 aromatic heterocycles. The number of hydrogen-bond donors (Lipinski definition) is 0. The Labute approximate surface area is 306 Å². The van der Waals surface area contributed by atoms with Crippen LogP contribution >= 0.6 is 0 Å². The van der Waals surface area contributed by atoms with E-state index in [1.54, 1.807) is 0 Å². The molecule has 0 atom stereocenters. The zero-order chi connectivity index (χ0) is 36.2. The molecule has 51 heavy (non-hydrogen) atoms. The van der Waals surface area contributed by atoms with Crippen LogP contribution in [0.2, 0.25) is 0 Å². The number of rotatable bonds is 9. The van der Waals surface area contributed by atoms with Gasteiger partial charge in [-0.15, -0.1) is 0 Å². The number of nitrogens with zero attached hydrogens (tertiary/aromatic N) is 2. The zero-order valence-electron chi connectivity index (χ0n) is 32.3. The van der Waals surface area contributed by atoms with Crippen molar-refractivity contribution < 1.29 is 23.4 Å². The molecule has 7 nitrogen and oxygen atoms in total. The molecule has 3 saturated heterocycles. The average Bonchev–Trinajstić information content (AvgIpc) is 3.43. The Morgan fingerprint density at radius 2 is 1.18 bits per heavy atom. The molecule has 270 valence electrons. The lowest BCUT2D eigenvalue weighted by Gasteiger charge is -2.32. The number of fused-ring (bicyclic) bond motifs is 1. The predicted octanol–water partition coefficient (Wildman–Crippen LogP) is 7.52. The van der Waals surface area contributed by atoms with Crippen molar-refractivity contribution in [1.82, 2.24) is 9.47 Å². The van der Waals surface area contributed by atoms with Crippen LogP contribution in [0.25, 0.3) is 22.2 Å². The quantitative estimate of drug-likeness (QED) is 0.170. The van der Waals surface area contributed by atoms with Crippen molar-refractivity contribution in [3.8, 4) is 17.0 Å². The molecule has 3 aliphatic rings. The molecule has 0 saturated carbocycles. The normalized spacial score (nSPS) is 21.4. The molecule has 0 N–H and O–H groups in total. The van der Waals surface area contributed by atoms with Crippen molar-refractivity contribution in [1.29, 1.82) is 0 Å². The van der Waals surface area contributed by atoms with Crippen LogP contribution in [0.3, 0.4) is 0 Å². The van der Waals surface area contributed by atoms with Crippen LogP contribution in [0.5, 0.6) is 5.75 Å². The van der Waals surface area contributed by atoms with E-state index in [4.69, 9.17) is 23.4 Å². The first-order chi connectivity index (χ1) is 24.1. The summed E-state index contributed by atoms with van der Waals surface area (Å²) in [6.07, 6.45) is 5.30. The fourth-order valence-electron chi connectivity index (χ4n) is 7.51. The summed E-state index contributed by atoms with van der Waals surface area (Å²) in [5.41, 5.74) is 6.43. The number of ether oxygens (including phenoxy) is 1. The van der Waals surface area contributed by atoms with E-state index in [2.05, 4.69) is 139 Å². The van der Waals surface area contributed by atoms with E-state index >= 15 is 0 Å². The minimum Gasteiger partial charge on any atom is -0.492 e. The molecule has 3 aliphatic heterocycles. The van der Waals surface area contributed by atoms with Gasteiger partial charge in [-0.1, -0.05) is 61.4 Å². The second-order valence-corrected chi connectivity index (χ2v) is 16.9. The van der Waals surface area contributed by atoms with Gasteiger partial charge in [0.1, 0.15) is 12.4 Å². The number of aryl methyl sites for hydroxylation is 1. The molecule has 0 amide bonds. The average molecular weight is 691 g/mol. The molecule has 9 heteroatoms. The molecule has 7 rings (SSSR count). The van der Waals surface area contributed by atoms with Gasteiger partial charge in [-0.2, -0.15) is 0 Å². The van der Waals surface area contributed by atoms with Gasteiger partial charge in [0.15, 0.2) is 0 Å². The van der Waals surface area contributed by atoms with E-state index in [1.165, 1.54) is 66.5 Å². The van der Waals surface area contributed by atoms with Gasteiger partial charge < -0.3 is 27.9 Å². The fraction of sp³-hybridized carbons (Fsp3) is 0.524. The van der Waals surface area contributed by atoms with E-state index in [1.807, 2.05) is 0 Å². The van der Waals surface area contributed by atoms with Crippen LogP contribution in [-0.4, -0.2) is 72.3 Å². The van der Waals surface area contributed by atoms with Crippen LogP contribution in [0.1, 0.15) is 92.2 Å². The first kappa shape index (κ1) is 36.3. The number of benzene rings is 3. The predicted molar refractivity (Wildman–Crippen MR) is 209 cm³/mol. The molecule has 4 aromatic rings. The molecular weight excluding hydrogens is 634 g/mol. The third kappa shape index (κ3) is 7.17. The molecule has 0 aliphatic carbocycles. The van der Waals surface area contributed by atoms with E-state index < -0.39 is 25.4 Å². The summed E-state index contributed by atoms with van der Waals surface area (Å²) in [6, 6.07) is 24.0. The largest absolute Gasteiger partial charge is 0.494 e. The van der Waals surface area contributed by atoms with Gasteiger partial charge in [-0.25, -0.2) is 0 Å². The standard InChI is InChI=1S/C42H56B2N2O5/c1-30-36-28-34(44-50-41(6,7)42(8,9)51-44)20-23-37(36)46(29-31-14-21-35(22-15-31)47-27-26-45-24-12-10-11-13-25-45)38(30)32-16-18-33(19-17-32)43-48-39(2,3)40(4,5)49-43/h14-23,28H,10-13,24-27,29H2,1-9H3. The second kappa shape index (κ2) is 13.7. The Bertz CT molecular complexity index is 1810. The number of likely N-dealkylation sites (tertiary alicyclic amines) is 1. The van der Waals surface area contributed by atoms with Crippen molar-refractivity contribution >= 4 is 36.1 Å². The molecule has 3 fully saturated rings. The first-order valence-electron chi connectivity index (χ1n) is 19.0. The lowest BCUT2D eigenvalue weighted by molar-refractivity contribution is 0.00578. The van der Waals surface area contributed by atoms with Gasteiger partial charge in [0.25, 0.3) is 0 Å². The maximum absolute atomic E-state index is 6.46. The summed E-state index contributed by atoms with van der Waals surface area (Å²) in [7, 11) is -0.819. The van der Waals surface area contributed by atoms with E-state index in [0.717, 1.165) is 41.9 Å². The van der Waals surface area contributed by atoms with Crippen molar-refractivity contribution in [2.24, 2.45) is 0 Å². The maximum Gasteiger partial charge on any atom is 0.494 e. The molecule has 0 radical (unpaired) electrons. The second-order valence-electron chi connectivity index (χ2n) is 16.9. The zero-order valence-corrected chi connectivity index (χ0v) is 32.3. The van der Waals surface area contributed by atoms with Crippen LogP contribution in [0.15, 0.2) is 66.7 Å². The van der Waals surface area contributed by atoms with Crippen molar-refractivity contribution in [3.63, 3.8) is 0 Å². The van der Waals surface area contributed by atoms with Gasteiger partial charge in [0.2, 0.25) is 0 Å². The number of aromatic nitrogens is 1. The Hall–Kier alpha value is -3.07. The Balaban J connectivity index is 1.18. The van der Waals surface area contributed by atoms with Gasteiger partial charge in [-0.3, -0.25) is 4.90 Å². The third-order valence-electron chi connectivity index (χ3n) is 12.2. The van der Waals surface area contributed by atoms with Crippen LogP contribution in [0.4, 0.5) is 0 Å². The molecular formula is C42H56B2N2O5. The first-order valence-corrected chi connectivity index (χ1v) is 19.0. The highest BCUT2D eigenvalue weighted by Crippen LogP contribution is 2.39.